The van der Waals surface area contributed by atoms with E-state index in [4.69, 9.17) is 9.40 Å². The molecule has 5 nitrogen and oxygen atoms in total. The van der Waals surface area contributed by atoms with Crippen molar-refractivity contribution in [1.29, 1.82) is 0 Å². The number of oxazole rings is 1. The van der Waals surface area contributed by atoms with Crippen LogP contribution in [-0.4, -0.2) is 44.6 Å². The average Bonchev–Trinajstić information content (AvgIpc) is 3.53. The molecule has 48 heavy (non-hydrogen) atoms. The summed E-state index contributed by atoms with van der Waals surface area (Å²) in [5.74, 6) is 2.32. The number of aromatic nitrogens is 1. The molecule has 2 atom stereocenters. The van der Waals surface area contributed by atoms with Crippen LogP contribution in [0.3, 0.4) is 0 Å². The molecule has 1 aliphatic carbocycles. The Labute approximate surface area is 286 Å². The second kappa shape index (κ2) is 15.7. The molecule has 0 saturated heterocycles. The van der Waals surface area contributed by atoms with Gasteiger partial charge < -0.3 is 19.1 Å². The van der Waals surface area contributed by atoms with Crippen LogP contribution in [0.1, 0.15) is 66.0 Å². The van der Waals surface area contributed by atoms with Crippen LogP contribution in [0.2, 0.25) is 0 Å². The third kappa shape index (κ3) is 7.99. The van der Waals surface area contributed by atoms with Crippen LogP contribution in [0.4, 0.5) is 16.0 Å². The molecule has 1 aromatic heterocycles. The fourth-order valence-corrected chi connectivity index (χ4v) is 7.67. The van der Waals surface area contributed by atoms with Crippen molar-refractivity contribution < 1.29 is 8.81 Å². The number of anilines is 2. The molecule has 5 aromatic rings. The van der Waals surface area contributed by atoms with Crippen LogP contribution in [0.5, 0.6) is 0 Å². The number of nitrogens with zero attached hydrogens (tertiary/aromatic N) is 4. The normalized spacial score (nSPS) is 17.6. The Morgan fingerprint density at radius 3 is 1.81 bits per heavy atom. The van der Waals surface area contributed by atoms with Crippen molar-refractivity contribution in [1.82, 2.24) is 9.88 Å². The van der Waals surface area contributed by atoms with Gasteiger partial charge in [0.25, 0.3) is 0 Å². The molecular formula is C42H49FN4O. The summed E-state index contributed by atoms with van der Waals surface area (Å²) < 4.78 is 20.7. The lowest BCUT2D eigenvalue weighted by Gasteiger charge is -2.41. The van der Waals surface area contributed by atoms with Crippen LogP contribution in [0.15, 0.2) is 120 Å². The smallest absolute Gasteiger partial charge is 0.220 e. The molecule has 0 bridgehead atoms. The van der Waals surface area contributed by atoms with Gasteiger partial charge in [-0.15, -0.1) is 0 Å². The molecule has 0 spiro atoms. The van der Waals surface area contributed by atoms with E-state index in [1.54, 1.807) is 12.1 Å². The summed E-state index contributed by atoms with van der Waals surface area (Å²) >= 11 is 0. The van der Waals surface area contributed by atoms with E-state index in [-0.39, 0.29) is 17.9 Å². The van der Waals surface area contributed by atoms with E-state index in [9.17, 15) is 4.39 Å². The monoisotopic (exact) mass is 644 g/mol. The minimum Gasteiger partial charge on any atom is -0.423 e. The standard InChI is InChI=1S/C42H49FN4O/c1-45(2)39(34-24-26-36(43)27-25-34)33-20-22-35(23-21-33)40(47(4)37-18-12-7-13-19-37)41-44-38(30-32-16-10-6-11-17-32)42(48-41)46(3)29-28-31-14-8-5-9-15-31/h5-19,24-27,33,35,39-40H,20-23,28-30H2,1-4H3. The Hall–Kier alpha value is -4.42. The second-order valence-electron chi connectivity index (χ2n) is 13.6. The SMILES string of the molecule is CN(CCc1ccccc1)c1oc(C(C2CCC(C(c3ccc(F)cc3)N(C)C)CC2)N(C)c2ccccc2)nc1Cc1ccccc1. The predicted molar refractivity (Wildman–Crippen MR) is 195 cm³/mol. The highest BCUT2D eigenvalue weighted by atomic mass is 19.1. The van der Waals surface area contributed by atoms with Gasteiger partial charge in [0.15, 0.2) is 0 Å². The van der Waals surface area contributed by atoms with E-state index < -0.39 is 0 Å². The lowest BCUT2D eigenvalue weighted by Crippen LogP contribution is -2.36. The Morgan fingerprint density at radius 2 is 1.23 bits per heavy atom. The summed E-state index contributed by atoms with van der Waals surface area (Å²) in [7, 11) is 8.60. The van der Waals surface area contributed by atoms with Gasteiger partial charge in [-0.25, -0.2) is 9.37 Å². The molecule has 0 aliphatic heterocycles. The van der Waals surface area contributed by atoms with Gasteiger partial charge in [0.1, 0.15) is 17.6 Å². The molecule has 6 rings (SSSR count). The van der Waals surface area contributed by atoms with Gasteiger partial charge in [-0.3, -0.25) is 0 Å². The summed E-state index contributed by atoms with van der Waals surface area (Å²) in [5, 5.41) is 0. The molecule has 2 unspecified atom stereocenters. The van der Waals surface area contributed by atoms with Gasteiger partial charge in [-0.2, -0.15) is 0 Å². The maximum absolute atomic E-state index is 13.8. The highest BCUT2D eigenvalue weighted by Crippen LogP contribution is 2.46. The third-order valence-corrected chi connectivity index (χ3v) is 10.1. The summed E-state index contributed by atoms with van der Waals surface area (Å²) in [6.07, 6.45) is 5.95. The number of halogens is 1. The number of hydrogen-bond acceptors (Lipinski definition) is 5. The lowest BCUT2D eigenvalue weighted by atomic mass is 9.73. The van der Waals surface area contributed by atoms with Crippen LogP contribution in [0.25, 0.3) is 0 Å². The molecule has 1 fully saturated rings. The molecule has 0 amide bonds. The highest BCUT2D eigenvalue weighted by molar-refractivity contribution is 5.49. The van der Waals surface area contributed by atoms with Crippen molar-refractivity contribution in [3.8, 4) is 0 Å². The Morgan fingerprint density at radius 1 is 0.688 bits per heavy atom. The molecule has 4 aromatic carbocycles. The number of likely N-dealkylation sites (N-methyl/N-ethyl adjacent to an activating group) is 1. The summed E-state index contributed by atoms with van der Waals surface area (Å²) in [6.45, 7) is 0.833. The largest absolute Gasteiger partial charge is 0.423 e. The molecular weight excluding hydrogens is 595 g/mol. The van der Waals surface area contributed by atoms with E-state index >= 15 is 0 Å². The zero-order chi connectivity index (χ0) is 33.5. The first-order valence-corrected chi connectivity index (χ1v) is 17.4. The zero-order valence-electron chi connectivity index (χ0n) is 28.8. The molecule has 1 aliphatic rings. The van der Waals surface area contributed by atoms with Crippen LogP contribution in [0, 0.1) is 17.7 Å². The first-order valence-electron chi connectivity index (χ1n) is 17.4. The molecule has 1 saturated carbocycles. The van der Waals surface area contributed by atoms with Crippen LogP contribution in [-0.2, 0) is 12.8 Å². The summed E-state index contributed by atoms with van der Waals surface area (Å²) in [6, 6.07) is 39.1. The van der Waals surface area contributed by atoms with Crippen LogP contribution >= 0.6 is 0 Å². The van der Waals surface area contributed by atoms with Gasteiger partial charge in [-0.05, 0) is 99.0 Å². The summed E-state index contributed by atoms with van der Waals surface area (Å²) in [4.78, 5) is 12.3. The van der Waals surface area contributed by atoms with Crippen molar-refractivity contribution in [2.24, 2.45) is 11.8 Å². The molecule has 6 heteroatoms. The van der Waals surface area contributed by atoms with E-state index in [0.717, 1.165) is 61.8 Å². The Balaban J connectivity index is 1.30. The van der Waals surface area contributed by atoms with Crippen molar-refractivity contribution in [2.45, 2.75) is 50.6 Å². The number of benzene rings is 4. The van der Waals surface area contributed by atoms with E-state index in [2.05, 4.69) is 134 Å². The molecule has 0 N–H and O–H groups in total. The van der Waals surface area contributed by atoms with Crippen molar-refractivity contribution in [2.75, 3.05) is 44.5 Å². The van der Waals surface area contributed by atoms with Gasteiger partial charge in [0.2, 0.25) is 11.8 Å². The number of hydrogen-bond donors (Lipinski definition) is 0. The van der Waals surface area contributed by atoms with Gasteiger partial charge in [-0.1, -0.05) is 91.0 Å². The van der Waals surface area contributed by atoms with Crippen molar-refractivity contribution in [3.63, 3.8) is 0 Å². The van der Waals surface area contributed by atoms with E-state index in [1.807, 2.05) is 12.1 Å². The quantitative estimate of drug-likeness (QED) is 0.128. The van der Waals surface area contributed by atoms with Gasteiger partial charge in [0.05, 0.1) is 0 Å². The Bertz CT molecular complexity index is 1680. The predicted octanol–water partition coefficient (Wildman–Crippen LogP) is 9.37. The second-order valence-corrected chi connectivity index (χ2v) is 13.6. The van der Waals surface area contributed by atoms with Crippen molar-refractivity contribution in [3.05, 3.63) is 149 Å². The van der Waals surface area contributed by atoms with Gasteiger partial charge >= 0.3 is 0 Å². The lowest BCUT2D eigenvalue weighted by molar-refractivity contribution is 0.135. The summed E-state index contributed by atoms with van der Waals surface area (Å²) in [5.41, 5.74) is 5.85. The first kappa shape index (κ1) is 33.5. The topological polar surface area (TPSA) is 35.8 Å². The number of rotatable bonds is 13. The minimum absolute atomic E-state index is 0.0113. The zero-order valence-corrected chi connectivity index (χ0v) is 28.8. The fraction of sp³-hybridized carbons (Fsp3) is 0.357. The minimum atomic E-state index is -0.186. The van der Waals surface area contributed by atoms with E-state index in [0.29, 0.717) is 18.3 Å². The van der Waals surface area contributed by atoms with Gasteiger partial charge in [0, 0.05) is 38.8 Å². The highest BCUT2D eigenvalue weighted by Gasteiger charge is 2.38. The van der Waals surface area contributed by atoms with Crippen LogP contribution < -0.4 is 9.80 Å². The first-order chi connectivity index (χ1) is 23.4. The maximum atomic E-state index is 13.8. The molecule has 0 radical (unpaired) electrons. The fourth-order valence-electron chi connectivity index (χ4n) is 7.67. The van der Waals surface area contributed by atoms with E-state index in [1.165, 1.54) is 16.7 Å². The third-order valence-electron chi connectivity index (χ3n) is 10.1. The average molecular weight is 645 g/mol. The van der Waals surface area contributed by atoms with Crippen molar-refractivity contribution >= 4 is 11.6 Å². The Kier molecular flexibility index (Phi) is 10.9. The molecule has 1 heterocycles. The molecule has 250 valence electrons. The maximum Gasteiger partial charge on any atom is 0.220 e. The number of para-hydroxylation sites is 1.